The maximum absolute atomic E-state index is 6.08. The smallest absolute Gasteiger partial charge is 0.141 e. The minimum atomic E-state index is 0.0773. The van der Waals surface area contributed by atoms with E-state index in [0.717, 1.165) is 22.7 Å². The Morgan fingerprint density at radius 1 is 1.28 bits per heavy atom. The van der Waals surface area contributed by atoms with Gasteiger partial charge in [-0.15, -0.1) is 0 Å². The van der Waals surface area contributed by atoms with E-state index in [-0.39, 0.29) is 6.04 Å². The number of rotatable bonds is 3. The summed E-state index contributed by atoms with van der Waals surface area (Å²) in [4.78, 5) is 0. The molecule has 2 rings (SSSR count). The second kappa shape index (κ2) is 5.21. The lowest BCUT2D eigenvalue weighted by atomic mass is 10.1. The third-order valence-corrected chi connectivity index (χ3v) is 3.70. The molecule has 0 fully saturated rings. The topological polar surface area (TPSA) is 43.8 Å². The van der Waals surface area contributed by atoms with Crippen molar-refractivity contribution in [2.45, 2.75) is 26.3 Å². The van der Waals surface area contributed by atoms with Gasteiger partial charge in [-0.25, -0.2) is 4.68 Å². The number of aromatic nitrogens is 2. The Bertz CT molecular complexity index is 546. The molecular weight excluding hydrogens is 269 g/mol. The maximum atomic E-state index is 6.08. The quantitative estimate of drug-likeness (QED) is 0.922. The van der Waals surface area contributed by atoms with Gasteiger partial charge in [0.25, 0.3) is 0 Å². The van der Waals surface area contributed by atoms with Crippen molar-refractivity contribution in [3.63, 3.8) is 0 Å². The van der Waals surface area contributed by atoms with Crippen molar-refractivity contribution < 1.29 is 0 Å². The van der Waals surface area contributed by atoms with E-state index in [1.807, 2.05) is 31.2 Å². The van der Waals surface area contributed by atoms with Gasteiger partial charge >= 0.3 is 0 Å². The predicted octanol–water partition coefficient (Wildman–Crippen LogP) is 4.08. The monoisotopic (exact) mass is 283 g/mol. The van der Waals surface area contributed by atoms with Gasteiger partial charge in [0.2, 0.25) is 0 Å². The van der Waals surface area contributed by atoms with Crippen LogP contribution in [-0.2, 0) is 0 Å². The highest BCUT2D eigenvalue weighted by atomic mass is 35.5. The molecule has 2 N–H and O–H groups in total. The van der Waals surface area contributed by atoms with Crippen LogP contribution in [0.15, 0.2) is 24.3 Å². The highest BCUT2D eigenvalue weighted by molar-refractivity contribution is 6.33. The first-order valence-electron chi connectivity index (χ1n) is 5.80. The number of nitrogen functional groups attached to an aromatic ring is 1. The molecule has 0 spiro atoms. The Morgan fingerprint density at radius 3 is 2.33 bits per heavy atom. The van der Waals surface area contributed by atoms with E-state index >= 15 is 0 Å². The third-order valence-electron chi connectivity index (χ3n) is 2.98. The van der Waals surface area contributed by atoms with Crippen molar-refractivity contribution in [1.82, 2.24) is 9.78 Å². The van der Waals surface area contributed by atoms with E-state index in [1.165, 1.54) is 0 Å². The Morgan fingerprint density at radius 2 is 1.89 bits per heavy atom. The summed E-state index contributed by atoms with van der Waals surface area (Å²) < 4.78 is 1.78. The molecule has 3 nitrogen and oxygen atoms in total. The minimum absolute atomic E-state index is 0.0773. The van der Waals surface area contributed by atoms with E-state index in [4.69, 9.17) is 28.9 Å². The number of benzene rings is 1. The van der Waals surface area contributed by atoms with Crippen LogP contribution in [0.1, 0.15) is 30.6 Å². The number of hydrogen-bond donors (Lipinski definition) is 1. The van der Waals surface area contributed by atoms with E-state index in [0.29, 0.717) is 10.8 Å². The van der Waals surface area contributed by atoms with Crippen LogP contribution in [0.4, 0.5) is 5.82 Å². The van der Waals surface area contributed by atoms with E-state index in [9.17, 15) is 0 Å². The van der Waals surface area contributed by atoms with Crippen molar-refractivity contribution in [2.24, 2.45) is 0 Å². The summed E-state index contributed by atoms with van der Waals surface area (Å²) in [6.07, 6.45) is 0.878. The largest absolute Gasteiger partial charge is 0.383 e. The fraction of sp³-hybridized carbons (Fsp3) is 0.308. The first-order valence-corrected chi connectivity index (χ1v) is 6.55. The fourth-order valence-electron chi connectivity index (χ4n) is 2.02. The van der Waals surface area contributed by atoms with Gasteiger partial charge in [0.1, 0.15) is 10.8 Å². The summed E-state index contributed by atoms with van der Waals surface area (Å²) in [7, 11) is 0. The van der Waals surface area contributed by atoms with Gasteiger partial charge < -0.3 is 5.73 Å². The van der Waals surface area contributed by atoms with Crippen molar-refractivity contribution >= 4 is 29.0 Å². The summed E-state index contributed by atoms with van der Waals surface area (Å²) in [5.41, 5.74) is 7.86. The van der Waals surface area contributed by atoms with Crippen LogP contribution < -0.4 is 5.73 Å². The molecule has 5 heteroatoms. The zero-order chi connectivity index (χ0) is 13.3. The average molecular weight is 284 g/mol. The van der Waals surface area contributed by atoms with Gasteiger partial charge in [-0.1, -0.05) is 42.3 Å². The van der Waals surface area contributed by atoms with Gasteiger partial charge in [-0.3, -0.25) is 0 Å². The molecule has 1 atom stereocenters. The number of nitrogens with two attached hydrogens (primary N) is 1. The molecule has 1 unspecified atom stereocenters. The van der Waals surface area contributed by atoms with Crippen molar-refractivity contribution in [3.8, 4) is 0 Å². The molecule has 0 radical (unpaired) electrons. The van der Waals surface area contributed by atoms with E-state index in [2.05, 4.69) is 12.0 Å². The maximum Gasteiger partial charge on any atom is 0.141 e. The Hall–Kier alpha value is -1.19. The number of anilines is 1. The number of nitrogens with zero attached hydrogens (tertiary/aromatic N) is 2. The first kappa shape index (κ1) is 13.2. The summed E-state index contributed by atoms with van der Waals surface area (Å²) >= 11 is 12.0. The van der Waals surface area contributed by atoms with Gasteiger partial charge in [0.05, 0.1) is 11.7 Å². The Labute approximate surface area is 117 Å². The van der Waals surface area contributed by atoms with Crippen LogP contribution in [0, 0.1) is 6.92 Å². The predicted molar refractivity (Wildman–Crippen MR) is 76.3 cm³/mol. The van der Waals surface area contributed by atoms with Crippen LogP contribution in [-0.4, -0.2) is 9.78 Å². The molecule has 1 aromatic carbocycles. The highest BCUT2D eigenvalue weighted by Crippen LogP contribution is 2.30. The summed E-state index contributed by atoms with van der Waals surface area (Å²) in [5.74, 6) is 0.510. The van der Waals surface area contributed by atoms with Gasteiger partial charge in [0, 0.05) is 5.02 Å². The molecular formula is C13H15Cl2N3. The SMILES string of the molecule is CCC(c1ccc(Cl)cc1)n1nc(C)c(Cl)c1N. The van der Waals surface area contributed by atoms with E-state index < -0.39 is 0 Å². The van der Waals surface area contributed by atoms with Crippen LogP contribution in [0.2, 0.25) is 10.0 Å². The highest BCUT2D eigenvalue weighted by Gasteiger charge is 2.18. The fourth-order valence-corrected chi connectivity index (χ4v) is 2.27. The Kier molecular flexibility index (Phi) is 3.83. The van der Waals surface area contributed by atoms with Crippen LogP contribution in [0.25, 0.3) is 0 Å². The van der Waals surface area contributed by atoms with Gasteiger partial charge in [-0.05, 0) is 31.0 Å². The summed E-state index contributed by atoms with van der Waals surface area (Å²) in [6.45, 7) is 3.94. The van der Waals surface area contributed by atoms with Crippen molar-refractivity contribution in [2.75, 3.05) is 5.73 Å². The zero-order valence-electron chi connectivity index (χ0n) is 10.3. The average Bonchev–Trinajstić information content (AvgIpc) is 2.61. The third kappa shape index (κ3) is 2.33. The molecule has 0 aliphatic rings. The minimum Gasteiger partial charge on any atom is -0.383 e. The number of hydrogen-bond acceptors (Lipinski definition) is 2. The lowest BCUT2D eigenvalue weighted by molar-refractivity contribution is 0.513. The standard InChI is InChI=1S/C13H15Cl2N3/c1-3-11(9-4-6-10(14)7-5-9)18-13(16)12(15)8(2)17-18/h4-7,11H,3,16H2,1-2H3. The molecule has 0 saturated carbocycles. The Balaban J connectivity index is 2.45. The molecule has 0 amide bonds. The van der Waals surface area contributed by atoms with Crippen LogP contribution in [0.3, 0.4) is 0 Å². The van der Waals surface area contributed by atoms with Gasteiger partial charge in [-0.2, -0.15) is 5.10 Å². The number of aryl methyl sites for hydroxylation is 1. The molecule has 1 heterocycles. The van der Waals surface area contributed by atoms with Crippen LogP contribution >= 0.6 is 23.2 Å². The molecule has 18 heavy (non-hydrogen) atoms. The molecule has 2 aromatic rings. The molecule has 0 aliphatic carbocycles. The first-order chi connectivity index (χ1) is 8.54. The molecule has 0 aliphatic heterocycles. The second-order valence-corrected chi connectivity index (χ2v) is 5.02. The van der Waals surface area contributed by atoms with E-state index in [1.54, 1.807) is 4.68 Å². The lowest BCUT2D eigenvalue weighted by Gasteiger charge is -2.17. The summed E-state index contributed by atoms with van der Waals surface area (Å²) in [5, 5.41) is 5.66. The molecule has 1 aromatic heterocycles. The second-order valence-electron chi connectivity index (χ2n) is 4.20. The molecule has 0 bridgehead atoms. The van der Waals surface area contributed by atoms with Gasteiger partial charge in [0.15, 0.2) is 0 Å². The normalized spacial score (nSPS) is 12.7. The zero-order valence-corrected chi connectivity index (χ0v) is 11.8. The molecule has 96 valence electrons. The summed E-state index contributed by atoms with van der Waals surface area (Å²) in [6, 6.07) is 7.79. The number of halogens is 2. The van der Waals surface area contributed by atoms with Crippen molar-refractivity contribution in [3.05, 3.63) is 45.6 Å². The lowest BCUT2D eigenvalue weighted by Crippen LogP contribution is -2.14. The van der Waals surface area contributed by atoms with Crippen molar-refractivity contribution in [1.29, 1.82) is 0 Å². The molecule has 0 saturated heterocycles. The van der Waals surface area contributed by atoms with Crippen LogP contribution in [0.5, 0.6) is 0 Å².